The maximum Gasteiger partial charge on any atom is 0.410 e. The zero-order valence-electron chi connectivity index (χ0n) is 30.1. The summed E-state index contributed by atoms with van der Waals surface area (Å²) in [6, 6.07) is 14.1. The van der Waals surface area contributed by atoms with Crippen molar-refractivity contribution in [1.29, 1.82) is 0 Å². The van der Waals surface area contributed by atoms with E-state index in [1.165, 1.54) is 25.7 Å². The minimum atomic E-state index is -1.37. The van der Waals surface area contributed by atoms with Gasteiger partial charge in [0.15, 0.2) is 6.29 Å². The van der Waals surface area contributed by atoms with Gasteiger partial charge in [0.05, 0.1) is 18.2 Å². The molecule has 4 rings (SSSR count). The fourth-order valence-electron chi connectivity index (χ4n) is 6.14. The summed E-state index contributed by atoms with van der Waals surface area (Å²) in [5.74, 6) is -2.97. The fraction of sp³-hybridized carbons (Fsp3) is 0.514. The predicted molar refractivity (Wildman–Crippen MR) is 185 cm³/mol. The smallest absolute Gasteiger partial charge is 0.410 e. The van der Waals surface area contributed by atoms with E-state index in [0.29, 0.717) is 12.8 Å². The van der Waals surface area contributed by atoms with Crippen LogP contribution in [0.3, 0.4) is 0 Å². The van der Waals surface area contributed by atoms with Crippen molar-refractivity contribution in [1.82, 2.24) is 20.9 Å². The Morgan fingerprint density at radius 1 is 0.885 bits per heavy atom. The van der Waals surface area contributed by atoms with E-state index in [0.717, 1.165) is 11.1 Å². The number of carbonyl (C=O) groups is 6. The van der Waals surface area contributed by atoms with Gasteiger partial charge in [-0.1, -0.05) is 60.7 Å². The Morgan fingerprint density at radius 2 is 1.50 bits per heavy atom. The van der Waals surface area contributed by atoms with E-state index in [1.54, 1.807) is 26.0 Å². The average Bonchev–Trinajstić information content (AvgIpc) is 3.61. The second kappa shape index (κ2) is 19.0. The number of ether oxygens (including phenoxy) is 5. The van der Waals surface area contributed by atoms with Crippen LogP contribution in [0, 0.1) is 0 Å². The molecule has 0 bridgehead atoms. The molecule has 2 saturated heterocycles. The molecular weight excluding hydrogens is 676 g/mol. The van der Waals surface area contributed by atoms with E-state index in [2.05, 4.69) is 16.0 Å². The summed E-state index contributed by atoms with van der Waals surface area (Å²) >= 11 is 0. The highest BCUT2D eigenvalue weighted by atomic mass is 16.7. The molecule has 4 amide bonds. The minimum absolute atomic E-state index is 0.00153. The molecule has 0 unspecified atom stereocenters. The average molecular weight is 725 g/mol. The van der Waals surface area contributed by atoms with Gasteiger partial charge in [-0.2, -0.15) is 0 Å². The summed E-state index contributed by atoms with van der Waals surface area (Å²) in [5.41, 5.74) is 1.55. The standard InChI is InChI=1S/C37H48N4O11/c1-22(36(46)48-20-27-13-8-6-9-14-27)38-35(45)32(23(2)50-31-19-29(39-25(4)42)33(24(3)51-31)52-26(5)43)40-34(44)30-17-12-18-41(30)37(47)49-21-28-15-10-7-11-16-28/h6-11,13-16,22-24,29-33H,12,17-21H2,1-5H3,(H,38,45)(H,39,42)(H,40,44)/t22-,23+,24-,29-,30-,31+,32-,33-/m0/s1. The van der Waals surface area contributed by atoms with Gasteiger partial charge in [0.1, 0.15) is 37.4 Å². The number of hydrogen-bond donors (Lipinski definition) is 3. The Morgan fingerprint density at radius 3 is 2.10 bits per heavy atom. The second-order valence-corrected chi connectivity index (χ2v) is 12.9. The Labute approximate surface area is 303 Å². The summed E-state index contributed by atoms with van der Waals surface area (Å²) in [6.45, 7) is 7.54. The maximum atomic E-state index is 13.8. The highest BCUT2D eigenvalue weighted by Crippen LogP contribution is 2.26. The molecule has 15 heteroatoms. The first-order valence-corrected chi connectivity index (χ1v) is 17.4. The highest BCUT2D eigenvalue weighted by Gasteiger charge is 2.43. The number of hydrogen-bond acceptors (Lipinski definition) is 11. The zero-order valence-corrected chi connectivity index (χ0v) is 30.1. The molecule has 0 saturated carbocycles. The van der Waals surface area contributed by atoms with Gasteiger partial charge < -0.3 is 39.6 Å². The molecule has 0 spiro atoms. The summed E-state index contributed by atoms with van der Waals surface area (Å²) in [4.78, 5) is 78.6. The van der Waals surface area contributed by atoms with Crippen LogP contribution in [0.15, 0.2) is 60.7 Å². The van der Waals surface area contributed by atoms with Gasteiger partial charge in [-0.05, 0) is 44.7 Å². The number of likely N-dealkylation sites (tertiary alicyclic amines) is 1. The lowest BCUT2D eigenvalue weighted by molar-refractivity contribution is -0.246. The van der Waals surface area contributed by atoms with Crippen LogP contribution >= 0.6 is 0 Å². The lowest BCUT2D eigenvalue weighted by Crippen LogP contribution is -2.60. The topological polar surface area (TPSA) is 188 Å². The van der Waals surface area contributed by atoms with Gasteiger partial charge in [-0.15, -0.1) is 0 Å². The molecule has 52 heavy (non-hydrogen) atoms. The summed E-state index contributed by atoms with van der Waals surface area (Å²) < 4.78 is 28.4. The quantitative estimate of drug-likeness (QED) is 0.192. The van der Waals surface area contributed by atoms with Gasteiger partial charge in [-0.25, -0.2) is 9.59 Å². The minimum Gasteiger partial charge on any atom is -0.459 e. The van der Waals surface area contributed by atoms with Crippen molar-refractivity contribution in [2.24, 2.45) is 0 Å². The molecule has 282 valence electrons. The van der Waals surface area contributed by atoms with Gasteiger partial charge in [0.25, 0.3) is 0 Å². The van der Waals surface area contributed by atoms with Crippen LogP contribution < -0.4 is 16.0 Å². The van der Waals surface area contributed by atoms with Crippen LogP contribution in [0.1, 0.15) is 65.0 Å². The largest absolute Gasteiger partial charge is 0.459 e. The number of nitrogens with zero attached hydrogens (tertiary/aromatic N) is 1. The lowest BCUT2D eigenvalue weighted by atomic mass is 9.99. The lowest BCUT2D eigenvalue weighted by Gasteiger charge is -2.41. The maximum absolute atomic E-state index is 13.8. The van der Waals surface area contributed by atoms with E-state index >= 15 is 0 Å². The molecule has 2 aromatic carbocycles. The molecule has 2 aliphatic rings. The van der Waals surface area contributed by atoms with E-state index < -0.39 is 78.6 Å². The highest BCUT2D eigenvalue weighted by molar-refractivity contribution is 5.93. The third kappa shape index (κ3) is 11.5. The van der Waals surface area contributed by atoms with E-state index in [4.69, 9.17) is 23.7 Å². The first kappa shape index (κ1) is 39.8. The van der Waals surface area contributed by atoms with Crippen LogP contribution in [-0.4, -0.2) is 96.0 Å². The molecule has 15 nitrogen and oxygen atoms in total. The van der Waals surface area contributed by atoms with Gasteiger partial charge in [0.2, 0.25) is 17.7 Å². The van der Waals surface area contributed by atoms with Crippen molar-refractivity contribution in [2.45, 2.75) is 116 Å². The van der Waals surface area contributed by atoms with Crippen LogP contribution in [0.25, 0.3) is 0 Å². The summed E-state index contributed by atoms with van der Waals surface area (Å²) in [5, 5.41) is 8.10. The SMILES string of the molecule is CC(=O)N[C@H]1C[C@H](O[C@H](C)[C@H](NC(=O)[C@@H]2CCCN2C(=O)OCc2ccccc2)C(=O)N[C@@H](C)C(=O)OCc2ccccc2)O[C@@H](C)[C@@H]1OC(C)=O. The third-order valence-corrected chi connectivity index (χ3v) is 8.71. The van der Waals surface area contributed by atoms with E-state index in [-0.39, 0.29) is 32.1 Å². The second-order valence-electron chi connectivity index (χ2n) is 12.9. The van der Waals surface area contributed by atoms with Crippen molar-refractivity contribution in [3.63, 3.8) is 0 Å². The molecule has 2 fully saturated rings. The van der Waals surface area contributed by atoms with Gasteiger partial charge >= 0.3 is 18.0 Å². The zero-order chi connectivity index (χ0) is 37.8. The van der Waals surface area contributed by atoms with Crippen molar-refractivity contribution >= 4 is 35.8 Å². The molecule has 0 aromatic heterocycles. The van der Waals surface area contributed by atoms with Crippen LogP contribution in [-0.2, 0) is 60.9 Å². The monoisotopic (exact) mass is 724 g/mol. The van der Waals surface area contributed by atoms with Crippen molar-refractivity contribution in [2.75, 3.05) is 6.54 Å². The van der Waals surface area contributed by atoms with Crippen LogP contribution in [0.4, 0.5) is 4.79 Å². The summed E-state index contributed by atoms with van der Waals surface area (Å²) in [7, 11) is 0. The molecule has 3 N–H and O–H groups in total. The fourth-order valence-corrected chi connectivity index (χ4v) is 6.14. The van der Waals surface area contributed by atoms with Crippen LogP contribution in [0.2, 0.25) is 0 Å². The molecule has 2 heterocycles. The normalized spacial score (nSPS) is 22.9. The Bertz CT molecular complexity index is 1540. The molecule has 2 aliphatic heterocycles. The number of nitrogens with one attached hydrogen (secondary N) is 3. The van der Waals surface area contributed by atoms with E-state index in [9.17, 15) is 28.8 Å². The number of rotatable bonds is 14. The molecular formula is C37H48N4O11. The Balaban J connectivity index is 1.47. The third-order valence-electron chi connectivity index (χ3n) is 8.71. The predicted octanol–water partition coefficient (Wildman–Crippen LogP) is 2.50. The number of esters is 2. The molecule has 0 aliphatic carbocycles. The number of amides is 4. The number of carbonyl (C=O) groups excluding carboxylic acids is 6. The molecule has 2 aromatic rings. The Kier molecular flexibility index (Phi) is 14.5. The van der Waals surface area contributed by atoms with Crippen molar-refractivity contribution in [3.8, 4) is 0 Å². The molecule has 8 atom stereocenters. The summed E-state index contributed by atoms with van der Waals surface area (Å²) in [6.07, 6.45) is -3.31. The van der Waals surface area contributed by atoms with Gasteiger partial charge in [-0.3, -0.25) is 24.1 Å². The van der Waals surface area contributed by atoms with Crippen molar-refractivity contribution in [3.05, 3.63) is 71.8 Å². The van der Waals surface area contributed by atoms with Crippen molar-refractivity contribution < 1.29 is 52.5 Å². The van der Waals surface area contributed by atoms with Crippen LogP contribution in [0.5, 0.6) is 0 Å². The first-order valence-electron chi connectivity index (χ1n) is 17.4. The number of benzene rings is 2. The molecule has 0 radical (unpaired) electrons. The van der Waals surface area contributed by atoms with Gasteiger partial charge in [0, 0.05) is 26.8 Å². The Hall–Kier alpha value is -5.02. The first-order chi connectivity index (χ1) is 24.8. The van der Waals surface area contributed by atoms with E-state index in [1.807, 2.05) is 48.5 Å².